The van der Waals surface area contributed by atoms with Crippen molar-refractivity contribution in [3.8, 4) is 0 Å². The maximum atomic E-state index is 12.6. The number of Topliss-reactive ketones (excluding diaryl/α,β-unsaturated/α-hetero) is 1. The number of carbonyl (C=O) groups is 3. The van der Waals surface area contributed by atoms with E-state index in [-0.39, 0.29) is 55.6 Å². The minimum absolute atomic E-state index is 0.0543. The van der Waals surface area contributed by atoms with Gasteiger partial charge in [-0.05, 0) is 55.7 Å². The molecule has 1 saturated carbocycles. The van der Waals surface area contributed by atoms with Crippen molar-refractivity contribution in [1.82, 2.24) is 0 Å². The highest BCUT2D eigenvalue weighted by Crippen LogP contribution is 2.34. The van der Waals surface area contributed by atoms with Crippen molar-refractivity contribution >= 4 is 29.5 Å². The molecular weight excluding hydrogens is 580 g/mol. The molecule has 9 heteroatoms. The number of ether oxygens (including phenoxy) is 3. The van der Waals surface area contributed by atoms with Gasteiger partial charge in [-0.1, -0.05) is 69.0 Å². The highest BCUT2D eigenvalue weighted by molar-refractivity contribution is 7.99. The van der Waals surface area contributed by atoms with Crippen molar-refractivity contribution in [2.75, 3.05) is 31.8 Å². The third kappa shape index (κ3) is 14.3. The summed E-state index contributed by atoms with van der Waals surface area (Å²) in [4.78, 5) is 37.0. The predicted octanol–water partition coefficient (Wildman–Crippen LogP) is 5.85. The Balaban J connectivity index is 1.62. The summed E-state index contributed by atoms with van der Waals surface area (Å²) in [6.07, 6.45) is 9.39. The topological polar surface area (TPSA) is 119 Å². The maximum Gasteiger partial charge on any atom is 0.311 e. The molecule has 0 unspecified atom stereocenters. The third-order valence-electron chi connectivity index (χ3n) is 8.07. The van der Waals surface area contributed by atoms with Crippen molar-refractivity contribution in [1.29, 1.82) is 0 Å². The molecule has 0 radical (unpaired) electrons. The molecule has 8 nitrogen and oxygen atoms in total. The van der Waals surface area contributed by atoms with Gasteiger partial charge in [-0.2, -0.15) is 11.8 Å². The molecule has 0 aromatic heterocycles. The Bertz CT molecular complexity index is 1040. The molecule has 2 rings (SSSR count). The van der Waals surface area contributed by atoms with Gasteiger partial charge in [0.15, 0.2) is 0 Å². The van der Waals surface area contributed by atoms with Gasteiger partial charge in [-0.3, -0.25) is 14.4 Å². The van der Waals surface area contributed by atoms with E-state index >= 15 is 0 Å². The molecule has 1 aliphatic rings. The molecule has 0 spiro atoms. The molecule has 44 heavy (non-hydrogen) atoms. The van der Waals surface area contributed by atoms with Gasteiger partial charge in [0.05, 0.1) is 24.2 Å². The number of thioether (sulfide) groups is 1. The summed E-state index contributed by atoms with van der Waals surface area (Å²) in [6.45, 7) is 6.57. The third-order valence-corrected chi connectivity index (χ3v) is 9.17. The number of aliphatic hydroxyl groups excluding tert-OH is 2. The lowest BCUT2D eigenvalue weighted by atomic mass is 9.87. The summed E-state index contributed by atoms with van der Waals surface area (Å²) in [6, 6.07) is 7.87. The van der Waals surface area contributed by atoms with Crippen LogP contribution in [-0.2, 0) is 41.6 Å². The fraction of sp³-hybridized carbons (Fsp3) is 0.686. The van der Waals surface area contributed by atoms with E-state index in [1.54, 1.807) is 31.0 Å². The first-order valence-corrected chi connectivity index (χ1v) is 17.3. The Morgan fingerprint density at radius 3 is 2.59 bits per heavy atom. The first-order chi connectivity index (χ1) is 21.1. The van der Waals surface area contributed by atoms with Crippen LogP contribution in [0.15, 0.2) is 36.4 Å². The lowest BCUT2D eigenvalue weighted by Crippen LogP contribution is -2.28. The molecule has 1 aromatic rings. The van der Waals surface area contributed by atoms with Gasteiger partial charge in [0.1, 0.15) is 19.0 Å². The van der Waals surface area contributed by atoms with Crippen LogP contribution in [0.25, 0.3) is 0 Å². The van der Waals surface area contributed by atoms with Gasteiger partial charge in [-0.15, -0.1) is 0 Å². The number of hydrogen-bond donors (Lipinski definition) is 2. The van der Waals surface area contributed by atoms with Crippen molar-refractivity contribution in [2.45, 2.75) is 104 Å². The highest BCUT2D eigenvalue weighted by Gasteiger charge is 2.39. The Morgan fingerprint density at radius 2 is 1.84 bits per heavy atom. The van der Waals surface area contributed by atoms with E-state index in [4.69, 9.17) is 14.2 Å². The van der Waals surface area contributed by atoms with Crippen molar-refractivity contribution in [3.05, 3.63) is 47.5 Å². The molecule has 0 heterocycles. The van der Waals surface area contributed by atoms with Gasteiger partial charge in [0.2, 0.25) is 0 Å². The average Bonchev–Trinajstić information content (AvgIpc) is 3.25. The zero-order valence-corrected chi connectivity index (χ0v) is 27.9. The number of unbranched alkanes of at least 4 members (excludes halogenated alkanes) is 3. The number of esters is 2. The van der Waals surface area contributed by atoms with Crippen LogP contribution < -0.4 is 0 Å². The monoisotopic (exact) mass is 634 g/mol. The summed E-state index contributed by atoms with van der Waals surface area (Å²) in [7, 11) is 1.64. The zero-order valence-electron chi connectivity index (χ0n) is 27.1. The van der Waals surface area contributed by atoms with Crippen LogP contribution in [0.1, 0.15) is 89.7 Å². The first-order valence-electron chi connectivity index (χ1n) is 16.1. The smallest absolute Gasteiger partial charge is 0.311 e. The Morgan fingerprint density at radius 1 is 1.09 bits per heavy atom. The Labute approximate surface area is 268 Å². The van der Waals surface area contributed by atoms with Crippen LogP contribution in [0.3, 0.4) is 0 Å². The second kappa shape index (κ2) is 20.8. The predicted molar refractivity (Wildman–Crippen MR) is 174 cm³/mol. The van der Waals surface area contributed by atoms with Crippen molar-refractivity contribution in [2.24, 2.45) is 17.3 Å². The van der Waals surface area contributed by atoms with E-state index in [1.807, 2.05) is 38.1 Å². The van der Waals surface area contributed by atoms with E-state index in [9.17, 15) is 24.6 Å². The van der Waals surface area contributed by atoms with E-state index < -0.39 is 17.6 Å². The molecule has 1 aliphatic carbocycles. The maximum absolute atomic E-state index is 12.6. The fourth-order valence-corrected chi connectivity index (χ4v) is 6.43. The van der Waals surface area contributed by atoms with Crippen LogP contribution in [0.4, 0.5) is 0 Å². The molecule has 0 saturated heterocycles. The minimum Gasteiger partial charge on any atom is -0.462 e. The van der Waals surface area contributed by atoms with Gasteiger partial charge in [-0.25, -0.2) is 0 Å². The van der Waals surface area contributed by atoms with Crippen LogP contribution in [0, 0.1) is 17.3 Å². The second-order valence-electron chi connectivity index (χ2n) is 12.4. The Kier molecular flexibility index (Phi) is 17.9. The summed E-state index contributed by atoms with van der Waals surface area (Å²) < 4.78 is 15.7. The van der Waals surface area contributed by atoms with Gasteiger partial charge < -0.3 is 24.4 Å². The molecule has 1 aromatic carbocycles. The summed E-state index contributed by atoms with van der Waals surface area (Å²) >= 11 is 1.67. The van der Waals surface area contributed by atoms with E-state index in [0.29, 0.717) is 25.9 Å². The van der Waals surface area contributed by atoms with E-state index in [0.717, 1.165) is 48.3 Å². The number of ketones is 1. The number of rotatable bonds is 22. The van der Waals surface area contributed by atoms with Crippen LogP contribution in [-0.4, -0.2) is 72.0 Å². The standard InChI is InChI=1S/C35H54O8S/c1-5-6-7-8-17-35(2,3)34(40)43-19-18-42-33(39)13-10-20-44-21-16-30-29(31(37)24-32(30)38)15-14-28(36)23-26-11-9-12-27(22-26)25-41-4/h9,11-12,14-15,22,28-31,36-37H,5-8,10,13,16-21,23-25H2,1-4H3/b15-14+/t28-,29+,30-,31-/m1/s1. The lowest BCUT2D eigenvalue weighted by molar-refractivity contribution is -0.159. The van der Waals surface area contributed by atoms with E-state index in [2.05, 4.69) is 6.92 Å². The number of benzene rings is 1. The minimum atomic E-state index is -0.739. The molecule has 0 aliphatic heterocycles. The number of methoxy groups -OCH3 is 1. The zero-order chi connectivity index (χ0) is 32.4. The molecule has 1 fully saturated rings. The van der Waals surface area contributed by atoms with Crippen LogP contribution in [0.2, 0.25) is 0 Å². The Hall–Kier alpha value is -2.20. The van der Waals surface area contributed by atoms with E-state index in [1.165, 1.54) is 6.42 Å². The molecule has 0 amide bonds. The number of hydrogen-bond acceptors (Lipinski definition) is 9. The van der Waals surface area contributed by atoms with Crippen molar-refractivity contribution in [3.63, 3.8) is 0 Å². The van der Waals surface area contributed by atoms with Crippen LogP contribution >= 0.6 is 11.8 Å². The first kappa shape index (κ1) is 38.0. The van der Waals surface area contributed by atoms with Gasteiger partial charge in [0.25, 0.3) is 0 Å². The summed E-state index contributed by atoms with van der Waals surface area (Å²) in [5, 5.41) is 21.0. The van der Waals surface area contributed by atoms with Crippen LogP contribution in [0.5, 0.6) is 0 Å². The molecule has 0 bridgehead atoms. The summed E-state index contributed by atoms with van der Waals surface area (Å²) in [5.41, 5.74) is 1.50. The largest absolute Gasteiger partial charge is 0.462 e. The molecular formula is C35H54O8S. The lowest BCUT2D eigenvalue weighted by Gasteiger charge is -2.22. The summed E-state index contributed by atoms with van der Waals surface area (Å²) in [5.74, 6) is 0.381. The molecule has 248 valence electrons. The quantitative estimate of drug-likeness (QED) is 0.0920. The number of carbonyl (C=O) groups excluding carboxylic acids is 3. The van der Waals surface area contributed by atoms with Gasteiger partial charge >= 0.3 is 11.9 Å². The number of aliphatic hydroxyl groups is 2. The van der Waals surface area contributed by atoms with Crippen molar-refractivity contribution < 1.29 is 38.8 Å². The second-order valence-corrected chi connectivity index (χ2v) is 13.6. The normalized spacial score (nSPS) is 19.4. The molecule has 2 N–H and O–H groups in total. The van der Waals surface area contributed by atoms with Gasteiger partial charge in [0, 0.05) is 38.2 Å². The SMILES string of the molecule is CCCCCCC(C)(C)C(=O)OCCOC(=O)CCCSCC[C@H]1C(=O)C[C@@H](O)[C@H]1/C=C/[C@@H](O)Cc1cccc(COC)c1. The fourth-order valence-electron chi connectivity index (χ4n) is 5.46. The average molecular weight is 635 g/mol. The molecule has 4 atom stereocenters. The highest BCUT2D eigenvalue weighted by atomic mass is 32.2.